The number of nitrogens with one attached hydrogen (secondary N) is 1. The molecule has 2 aromatic carbocycles. The van der Waals surface area contributed by atoms with E-state index in [1.807, 2.05) is 43.3 Å². The van der Waals surface area contributed by atoms with Crippen molar-refractivity contribution in [2.45, 2.75) is 13.0 Å². The fourth-order valence-corrected chi connectivity index (χ4v) is 2.57. The number of nitriles is 1. The van der Waals surface area contributed by atoms with E-state index in [1.165, 1.54) is 27.4 Å². The van der Waals surface area contributed by atoms with Crippen LogP contribution in [-0.4, -0.2) is 27.2 Å². The van der Waals surface area contributed by atoms with Gasteiger partial charge in [0.05, 0.1) is 27.4 Å². The predicted octanol–water partition coefficient (Wildman–Crippen LogP) is 3.50. The van der Waals surface area contributed by atoms with Gasteiger partial charge in [-0.3, -0.25) is 4.79 Å². The maximum absolute atomic E-state index is 12.5. The van der Waals surface area contributed by atoms with E-state index in [9.17, 15) is 10.1 Å². The molecule has 0 heterocycles. The summed E-state index contributed by atoms with van der Waals surface area (Å²) >= 11 is 0. The third-order valence-electron chi connectivity index (χ3n) is 4.05. The Hall–Kier alpha value is -3.46. The van der Waals surface area contributed by atoms with Crippen LogP contribution < -0.4 is 19.5 Å². The predicted molar refractivity (Wildman–Crippen MR) is 103 cm³/mol. The van der Waals surface area contributed by atoms with Crippen LogP contribution in [0.4, 0.5) is 0 Å². The molecule has 0 spiro atoms. The molecule has 0 fully saturated rings. The van der Waals surface area contributed by atoms with Gasteiger partial charge in [-0.1, -0.05) is 30.3 Å². The third-order valence-corrected chi connectivity index (χ3v) is 4.05. The Kier molecular flexibility index (Phi) is 6.84. The van der Waals surface area contributed by atoms with Crippen molar-refractivity contribution < 1.29 is 19.0 Å². The average molecular weight is 366 g/mol. The molecular weight excluding hydrogens is 344 g/mol. The van der Waals surface area contributed by atoms with Crippen LogP contribution in [0.25, 0.3) is 6.08 Å². The quantitative estimate of drug-likeness (QED) is 0.599. The Balaban J connectivity index is 2.32. The van der Waals surface area contributed by atoms with E-state index in [-0.39, 0.29) is 11.6 Å². The van der Waals surface area contributed by atoms with Crippen LogP contribution in [0.1, 0.15) is 24.1 Å². The molecule has 6 heteroatoms. The first-order valence-corrected chi connectivity index (χ1v) is 8.31. The molecule has 1 amide bonds. The first-order chi connectivity index (χ1) is 13.0. The van der Waals surface area contributed by atoms with E-state index in [0.717, 1.165) is 5.56 Å². The Morgan fingerprint density at radius 2 is 1.63 bits per heavy atom. The van der Waals surface area contributed by atoms with Gasteiger partial charge in [0.1, 0.15) is 17.4 Å². The van der Waals surface area contributed by atoms with E-state index >= 15 is 0 Å². The molecule has 27 heavy (non-hydrogen) atoms. The monoisotopic (exact) mass is 366 g/mol. The highest BCUT2D eigenvalue weighted by Crippen LogP contribution is 2.35. The molecule has 0 aromatic heterocycles. The number of carbonyl (C=O) groups excluding carboxylic acids is 1. The largest absolute Gasteiger partial charge is 0.496 e. The van der Waals surface area contributed by atoms with Gasteiger partial charge >= 0.3 is 0 Å². The van der Waals surface area contributed by atoms with Crippen molar-refractivity contribution >= 4 is 12.0 Å². The topological polar surface area (TPSA) is 80.6 Å². The van der Waals surface area contributed by atoms with E-state index in [0.29, 0.717) is 22.8 Å². The van der Waals surface area contributed by atoms with Gasteiger partial charge in [-0.25, -0.2) is 0 Å². The highest BCUT2D eigenvalue weighted by atomic mass is 16.5. The number of rotatable bonds is 7. The van der Waals surface area contributed by atoms with Crippen LogP contribution in [0.3, 0.4) is 0 Å². The molecule has 0 aliphatic carbocycles. The zero-order chi connectivity index (χ0) is 19.8. The number of hydrogen-bond donors (Lipinski definition) is 1. The van der Waals surface area contributed by atoms with Crippen molar-refractivity contribution in [3.63, 3.8) is 0 Å². The minimum absolute atomic E-state index is 0.0386. The molecule has 0 saturated carbocycles. The molecule has 0 saturated heterocycles. The minimum atomic E-state index is -0.467. The van der Waals surface area contributed by atoms with Crippen molar-refractivity contribution in [2.24, 2.45) is 0 Å². The molecule has 140 valence electrons. The second-order valence-electron chi connectivity index (χ2n) is 5.72. The number of nitrogens with zero attached hydrogens (tertiary/aromatic N) is 1. The lowest BCUT2D eigenvalue weighted by molar-refractivity contribution is -0.117. The number of hydrogen-bond acceptors (Lipinski definition) is 5. The summed E-state index contributed by atoms with van der Waals surface area (Å²) < 4.78 is 15.9. The highest BCUT2D eigenvalue weighted by molar-refractivity contribution is 6.02. The summed E-state index contributed by atoms with van der Waals surface area (Å²) in [5.74, 6) is 0.960. The zero-order valence-electron chi connectivity index (χ0n) is 15.8. The zero-order valence-corrected chi connectivity index (χ0v) is 15.8. The van der Waals surface area contributed by atoms with Crippen LogP contribution in [0, 0.1) is 11.3 Å². The standard InChI is InChI=1S/C21H22N2O4/c1-14(15-8-6-5-7-9-15)23-21(24)17(13-22)10-16-11-19(26-3)20(27-4)12-18(16)25-2/h5-12,14H,1-4H3,(H,23,24). The molecule has 2 aromatic rings. The lowest BCUT2D eigenvalue weighted by Gasteiger charge is -2.15. The normalized spacial score (nSPS) is 11.9. The second kappa shape index (κ2) is 9.30. The smallest absolute Gasteiger partial charge is 0.262 e. The van der Waals surface area contributed by atoms with E-state index in [1.54, 1.807) is 12.1 Å². The Morgan fingerprint density at radius 3 is 2.19 bits per heavy atom. The van der Waals surface area contributed by atoms with E-state index in [4.69, 9.17) is 14.2 Å². The van der Waals surface area contributed by atoms with Crippen LogP contribution in [-0.2, 0) is 4.79 Å². The van der Waals surface area contributed by atoms with Crippen LogP contribution in [0.2, 0.25) is 0 Å². The number of carbonyl (C=O) groups is 1. The van der Waals surface area contributed by atoms with Gasteiger partial charge in [-0.05, 0) is 24.6 Å². The van der Waals surface area contributed by atoms with E-state index in [2.05, 4.69) is 5.32 Å². The molecule has 0 radical (unpaired) electrons. The summed E-state index contributed by atoms with van der Waals surface area (Å²) in [5, 5.41) is 12.3. The number of amides is 1. The van der Waals surface area contributed by atoms with Gasteiger partial charge in [-0.15, -0.1) is 0 Å². The SMILES string of the molecule is COc1cc(OC)c(OC)cc1C=C(C#N)C(=O)NC(C)c1ccccc1. The summed E-state index contributed by atoms with van der Waals surface area (Å²) in [5.41, 5.74) is 1.45. The van der Waals surface area contributed by atoms with Crippen molar-refractivity contribution in [3.8, 4) is 23.3 Å². The average Bonchev–Trinajstić information content (AvgIpc) is 2.71. The summed E-state index contributed by atoms with van der Waals surface area (Å²) in [6.45, 7) is 1.86. The summed E-state index contributed by atoms with van der Waals surface area (Å²) in [6.07, 6.45) is 1.47. The van der Waals surface area contributed by atoms with Gasteiger partial charge < -0.3 is 19.5 Å². The maximum atomic E-state index is 12.5. The number of benzene rings is 2. The van der Waals surface area contributed by atoms with Crippen molar-refractivity contribution in [2.75, 3.05) is 21.3 Å². The van der Waals surface area contributed by atoms with Crippen molar-refractivity contribution in [3.05, 3.63) is 59.2 Å². The first-order valence-electron chi connectivity index (χ1n) is 8.31. The molecule has 1 unspecified atom stereocenters. The molecule has 0 aliphatic heterocycles. The van der Waals surface area contributed by atoms with Gasteiger partial charge in [0.2, 0.25) is 0 Å². The van der Waals surface area contributed by atoms with Gasteiger partial charge in [0.15, 0.2) is 11.5 Å². The van der Waals surface area contributed by atoms with Crippen LogP contribution >= 0.6 is 0 Å². The molecule has 6 nitrogen and oxygen atoms in total. The summed E-state index contributed by atoms with van der Waals surface area (Å²) in [7, 11) is 4.53. The summed E-state index contributed by atoms with van der Waals surface area (Å²) in [4.78, 5) is 12.5. The number of methoxy groups -OCH3 is 3. The molecule has 2 rings (SSSR count). The Labute approximate surface area is 159 Å². The van der Waals surface area contributed by atoms with Gasteiger partial charge in [0.25, 0.3) is 5.91 Å². The van der Waals surface area contributed by atoms with Gasteiger partial charge in [0, 0.05) is 11.6 Å². The second-order valence-corrected chi connectivity index (χ2v) is 5.72. The van der Waals surface area contributed by atoms with Crippen LogP contribution in [0.15, 0.2) is 48.0 Å². The first kappa shape index (κ1) is 19.9. The summed E-state index contributed by atoms with van der Waals surface area (Å²) in [6, 6.07) is 14.5. The minimum Gasteiger partial charge on any atom is -0.496 e. The fourth-order valence-electron chi connectivity index (χ4n) is 2.57. The maximum Gasteiger partial charge on any atom is 0.262 e. The van der Waals surface area contributed by atoms with Crippen molar-refractivity contribution in [1.82, 2.24) is 5.32 Å². The number of ether oxygens (including phenoxy) is 3. The third kappa shape index (κ3) is 4.79. The van der Waals surface area contributed by atoms with Gasteiger partial charge in [-0.2, -0.15) is 5.26 Å². The van der Waals surface area contributed by atoms with Crippen molar-refractivity contribution in [1.29, 1.82) is 5.26 Å². The lowest BCUT2D eigenvalue weighted by Crippen LogP contribution is -2.27. The Morgan fingerprint density at radius 1 is 1.04 bits per heavy atom. The molecule has 1 N–H and O–H groups in total. The molecule has 1 atom stereocenters. The fraction of sp³-hybridized carbons (Fsp3) is 0.238. The lowest BCUT2D eigenvalue weighted by atomic mass is 10.1. The van der Waals surface area contributed by atoms with Crippen LogP contribution in [0.5, 0.6) is 17.2 Å². The molecular formula is C21H22N2O4. The highest BCUT2D eigenvalue weighted by Gasteiger charge is 2.16. The molecule has 0 bridgehead atoms. The van der Waals surface area contributed by atoms with E-state index < -0.39 is 5.91 Å². The Bertz CT molecular complexity index is 870. The molecule has 0 aliphatic rings.